The normalized spacial score (nSPS) is 14.7. The first-order valence-electron chi connectivity index (χ1n) is 9.33. The van der Waals surface area contributed by atoms with Crippen LogP contribution in [0.1, 0.15) is 12.2 Å². The fraction of sp³-hybridized carbons (Fsp3) is 0.400. The van der Waals surface area contributed by atoms with Crippen LogP contribution in [0.25, 0.3) is 0 Å². The van der Waals surface area contributed by atoms with Gasteiger partial charge in [-0.1, -0.05) is 18.2 Å². The number of rotatable bonds is 7. The molecule has 1 fully saturated rings. The monoisotopic (exact) mass is 370 g/mol. The van der Waals surface area contributed by atoms with Crippen LogP contribution in [-0.4, -0.2) is 56.0 Å². The predicted octanol–water partition coefficient (Wildman–Crippen LogP) is 1.22. The lowest BCUT2D eigenvalue weighted by atomic mass is 10.2. The minimum Gasteiger partial charge on any atom is -0.467 e. The molecular weight excluding hydrogens is 344 g/mol. The van der Waals surface area contributed by atoms with Gasteiger partial charge in [-0.15, -0.1) is 0 Å². The van der Waals surface area contributed by atoms with E-state index in [-0.39, 0.29) is 6.54 Å². The standard InChI is InChI=1S/C20H26N4O3/c25-19(20(26)22-16-18-8-4-15-27-18)21-9-5-10-23-11-13-24(14-12-23)17-6-2-1-3-7-17/h1-4,6-8,15H,5,9-14,16H2,(H,21,25)(H,22,26). The molecule has 2 amide bonds. The number of hydrogen-bond acceptors (Lipinski definition) is 5. The number of amides is 2. The molecule has 1 aromatic heterocycles. The van der Waals surface area contributed by atoms with Gasteiger partial charge in [0, 0.05) is 38.4 Å². The summed E-state index contributed by atoms with van der Waals surface area (Å²) < 4.78 is 5.11. The van der Waals surface area contributed by atoms with Crippen LogP contribution in [0.5, 0.6) is 0 Å². The third-order valence-electron chi connectivity index (χ3n) is 4.64. The van der Waals surface area contributed by atoms with Crippen molar-refractivity contribution >= 4 is 17.5 Å². The van der Waals surface area contributed by atoms with Gasteiger partial charge in [0.25, 0.3) is 0 Å². The molecule has 1 aromatic carbocycles. The van der Waals surface area contributed by atoms with E-state index in [0.29, 0.717) is 12.3 Å². The second-order valence-electron chi connectivity index (χ2n) is 6.54. The molecule has 0 bridgehead atoms. The number of para-hydroxylation sites is 1. The summed E-state index contributed by atoms with van der Waals surface area (Å²) in [4.78, 5) is 28.3. The molecule has 1 saturated heterocycles. The average Bonchev–Trinajstić information content (AvgIpc) is 3.24. The van der Waals surface area contributed by atoms with E-state index in [1.165, 1.54) is 12.0 Å². The zero-order chi connectivity index (χ0) is 18.9. The van der Waals surface area contributed by atoms with Gasteiger partial charge < -0.3 is 20.0 Å². The number of benzene rings is 1. The van der Waals surface area contributed by atoms with Gasteiger partial charge in [0.2, 0.25) is 0 Å². The third-order valence-corrected chi connectivity index (χ3v) is 4.64. The lowest BCUT2D eigenvalue weighted by Crippen LogP contribution is -2.47. The largest absolute Gasteiger partial charge is 0.467 e. The van der Waals surface area contributed by atoms with Gasteiger partial charge in [-0.05, 0) is 37.2 Å². The number of nitrogens with one attached hydrogen (secondary N) is 2. The van der Waals surface area contributed by atoms with Crippen LogP contribution in [0.4, 0.5) is 5.69 Å². The number of carbonyl (C=O) groups excluding carboxylic acids is 2. The van der Waals surface area contributed by atoms with E-state index in [0.717, 1.165) is 39.1 Å². The van der Waals surface area contributed by atoms with Crippen molar-refractivity contribution in [2.75, 3.05) is 44.2 Å². The molecule has 0 atom stereocenters. The number of nitrogens with zero attached hydrogens (tertiary/aromatic N) is 2. The Balaban J connectivity index is 1.27. The molecule has 27 heavy (non-hydrogen) atoms. The first kappa shape index (κ1) is 19.0. The minimum atomic E-state index is -0.636. The topological polar surface area (TPSA) is 77.8 Å². The summed E-state index contributed by atoms with van der Waals surface area (Å²) in [6.45, 7) is 5.64. The van der Waals surface area contributed by atoms with Gasteiger partial charge in [-0.3, -0.25) is 14.5 Å². The highest BCUT2D eigenvalue weighted by Gasteiger charge is 2.17. The number of piperazine rings is 1. The summed E-state index contributed by atoms with van der Waals surface area (Å²) in [5.41, 5.74) is 1.27. The van der Waals surface area contributed by atoms with E-state index >= 15 is 0 Å². The Hall–Kier alpha value is -2.80. The van der Waals surface area contributed by atoms with Crippen LogP contribution >= 0.6 is 0 Å². The van der Waals surface area contributed by atoms with Crippen molar-refractivity contribution in [2.24, 2.45) is 0 Å². The van der Waals surface area contributed by atoms with Gasteiger partial charge in [-0.2, -0.15) is 0 Å². The van der Waals surface area contributed by atoms with Crippen LogP contribution in [0.15, 0.2) is 53.1 Å². The van der Waals surface area contributed by atoms with E-state index in [2.05, 4.69) is 44.7 Å². The maximum absolute atomic E-state index is 11.8. The molecule has 1 aliphatic heterocycles. The van der Waals surface area contributed by atoms with Crippen LogP contribution in [0, 0.1) is 0 Å². The summed E-state index contributed by atoms with van der Waals surface area (Å²) in [7, 11) is 0. The van der Waals surface area contributed by atoms with E-state index in [1.807, 2.05) is 6.07 Å². The van der Waals surface area contributed by atoms with Crippen molar-refractivity contribution in [3.63, 3.8) is 0 Å². The van der Waals surface area contributed by atoms with Crippen LogP contribution in [0.3, 0.4) is 0 Å². The molecule has 0 radical (unpaired) electrons. The summed E-state index contributed by atoms with van der Waals surface area (Å²) in [5, 5.41) is 5.20. The molecule has 2 N–H and O–H groups in total. The minimum absolute atomic E-state index is 0.213. The Morgan fingerprint density at radius 1 is 0.926 bits per heavy atom. The highest BCUT2D eigenvalue weighted by molar-refractivity contribution is 6.35. The second-order valence-corrected chi connectivity index (χ2v) is 6.54. The molecule has 2 aromatic rings. The average molecular weight is 370 g/mol. The number of furan rings is 1. The summed E-state index contributed by atoms with van der Waals surface area (Å²) in [6.07, 6.45) is 2.35. The molecule has 0 unspecified atom stereocenters. The SMILES string of the molecule is O=C(NCCCN1CCN(c2ccccc2)CC1)C(=O)NCc1ccco1. The van der Waals surface area contributed by atoms with E-state index in [4.69, 9.17) is 4.42 Å². The highest BCUT2D eigenvalue weighted by Crippen LogP contribution is 2.15. The Morgan fingerprint density at radius 3 is 2.37 bits per heavy atom. The summed E-state index contributed by atoms with van der Waals surface area (Å²) >= 11 is 0. The molecule has 0 aliphatic carbocycles. The molecule has 3 rings (SSSR count). The Morgan fingerprint density at radius 2 is 1.67 bits per heavy atom. The van der Waals surface area contributed by atoms with Gasteiger partial charge in [-0.25, -0.2) is 0 Å². The van der Waals surface area contributed by atoms with E-state index < -0.39 is 11.8 Å². The van der Waals surface area contributed by atoms with Crippen LogP contribution in [0.2, 0.25) is 0 Å². The first-order valence-corrected chi connectivity index (χ1v) is 9.33. The van der Waals surface area contributed by atoms with E-state index in [1.54, 1.807) is 12.1 Å². The van der Waals surface area contributed by atoms with Crippen molar-refractivity contribution in [1.29, 1.82) is 0 Å². The van der Waals surface area contributed by atoms with Crippen molar-refractivity contribution < 1.29 is 14.0 Å². The molecule has 7 nitrogen and oxygen atoms in total. The third kappa shape index (κ3) is 5.86. The maximum atomic E-state index is 11.8. The Labute approximate surface area is 159 Å². The molecule has 7 heteroatoms. The van der Waals surface area contributed by atoms with Crippen LogP contribution < -0.4 is 15.5 Å². The zero-order valence-electron chi connectivity index (χ0n) is 15.4. The van der Waals surface area contributed by atoms with E-state index in [9.17, 15) is 9.59 Å². The zero-order valence-corrected chi connectivity index (χ0v) is 15.4. The molecule has 1 aliphatic rings. The molecule has 0 saturated carbocycles. The smallest absolute Gasteiger partial charge is 0.309 e. The Kier molecular flexibility index (Phi) is 6.87. The Bertz CT molecular complexity index is 710. The highest BCUT2D eigenvalue weighted by atomic mass is 16.3. The fourth-order valence-corrected chi connectivity index (χ4v) is 3.11. The number of anilines is 1. The van der Waals surface area contributed by atoms with Gasteiger partial charge in [0.15, 0.2) is 0 Å². The molecule has 144 valence electrons. The lowest BCUT2D eigenvalue weighted by Gasteiger charge is -2.36. The van der Waals surface area contributed by atoms with Crippen molar-refractivity contribution in [1.82, 2.24) is 15.5 Å². The van der Waals surface area contributed by atoms with Crippen LogP contribution in [-0.2, 0) is 16.1 Å². The quantitative estimate of drug-likeness (QED) is 0.566. The first-order chi connectivity index (χ1) is 13.2. The molecule has 0 spiro atoms. The fourth-order valence-electron chi connectivity index (χ4n) is 3.11. The lowest BCUT2D eigenvalue weighted by molar-refractivity contribution is -0.139. The van der Waals surface area contributed by atoms with Gasteiger partial charge >= 0.3 is 11.8 Å². The van der Waals surface area contributed by atoms with Gasteiger partial charge in [0.1, 0.15) is 5.76 Å². The summed E-state index contributed by atoms with van der Waals surface area (Å²) in [5.74, 6) is -0.621. The van der Waals surface area contributed by atoms with Crippen molar-refractivity contribution in [3.8, 4) is 0 Å². The van der Waals surface area contributed by atoms with Crippen molar-refractivity contribution in [3.05, 3.63) is 54.5 Å². The number of hydrogen-bond donors (Lipinski definition) is 2. The predicted molar refractivity (Wildman–Crippen MR) is 103 cm³/mol. The molecule has 2 heterocycles. The van der Waals surface area contributed by atoms with Crippen molar-refractivity contribution in [2.45, 2.75) is 13.0 Å². The number of carbonyl (C=O) groups is 2. The van der Waals surface area contributed by atoms with Gasteiger partial charge in [0.05, 0.1) is 12.8 Å². The summed E-state index contributed by atoms with van der Waals surface area (Å²) in [6, 6.07) is 13.9. The second kappa shape index (κ2) is 9.78. The molecular formula is C20H26N4O3. The maximum Gasteiger partial charge on any atom is 0.309 e.